The highest BCUT2D eigenvalue weighted by Crippen LogP contribution is 2.16. The zero-order chi connectivity index (χ0) is 14.3. The molecule has 0 radical (unpaired) electrons. The summed E-state index contributed by atoms with van der Waals surface area (Å²) in [5, 5.41) is 18.6. The molecule has 4 nitrogen and oxygen atoms in total. The number of aliphatic hydroxyl groups excluding tert-OH is 2. The second-order valence-corrected chi connectivity index (χ2v) is 5.62. The molecule has 1 aromatic carbocycles. The van der Waals surface area contributed by atoms with E-state index in [2.05, 4.69) is 29.0 Å². The maximum atomic E-state index is 9.29. The summed E-state index contributed by atoms with van der Waals surface area (Å²) in [5.74, 6) is 0. The smallest absolute Gasteiger partial charge is 0.0519 e. The Morgan fingerprint density at radius 3 is 2.11 bits per heavy atom. The molecule has 1 aromatic rings. The summed E-state index contributed by atoms with van der Waals surface area (Å²) in [5.41, 5.74) is 0.767. The third-order valence-electron chi connectivity index (χ3n) is 3.43. The first-order valence-corrected chi connectivity index (χ1v) is 6.67. The Bertz CT molecular complexity index is 352. The third kappa shape index (κ3) is 5.19. The van der Waals surface area contributed by atoms with Crippen molar-refractivity contribution in [3.05, 3.63) is 30.3 Å². The Kier molecular flexibility index (Phi) is 6.28. The monoisotopic (exact) mass is 266 g/mol. The number of hydrogen-bond acceptors (Lipinski definition) is 4. The molecule has 0 aliphatic carbocycles. The van der Waals surface area contributed by atoms with E-state index in [4.69, 9.17) is 0 Å². The van der Waals surface area contributed by atoms with Crippen molar-refractivity contribution in [2.45, 2.75) is 6.92 Å². The second-order valence-electron chi connectivity index (χ2n) is 5.62. The Hall–Kier alpha value is -1.10. The summed E-state index contributed by atoms with van der Waals surface area (Å²) in [7, 11) is 4.09. The van der Waals surface area contributed by atoms with Gasteiger partial charge in [0.15, 0.2) is 0 Å². The molecule has 4 heteroatoms. The normalized spacial score (nSPS) is 11.9. The number of likely N-dealkylation sites (N-methyl/N-ethyl adjacent to an activating group) is 2. The molecule has 0 saturated heterocycles. The van der Waals surface area contributed by atoms with E-state index in [-0.39, 0.29) is 13.2 Å². The van der Waals surface area contributed by atoms with Crippen LogP contribution in [-0.2, 0) is 0 Å². The van der Waals surface area contributed by atoms with Gasteiger partial charge in [-0.3, -0.25) is 0 Å². The predicted octanol–water partition coefficient (Wildman–Crippen LogP) is 1.05. The number of rotatable bonds is 8. The minimum absolute atomic E-state index is 0.00235. The topological polar surface area (TPSA) is 46.9 Å². The van der Waals surface area contributed by atoms with Gasteiger partial charge in [0, 0.05) is 37.8 Å². The van der Waals surface area contributed by atoms with Crippen molar-refractivity contribution in [2.24, 2.45) is 5.41 Å². The first-order valence-electron chi connectivity index (χ1n) is 6.67. The van der Waals surface area contributed by atoms with E-state index in [1.165, 1.54) is 5.69 Å². The van der Waals surface area contributed by atoms with Gasteiger partial charge in [0.2, 0.25) is 0 Å². The van der Waals surface area contributed by atoms with Crippen molar-refractivity contribution in [2.75, 3.05) is 51.8 Å². The van der Waals surface area contributed by atoms with Crippen LogP contribution in [0.15, 0.2) is 30.3 Å². The predicted molar refractivity (Wildman–Crippen MR) is 79.5 cm³/mol. The summed E-state index contributed by atoms with van der Waals surface area (Å²) >= 11 is 0. The van der Waals surface area contributed by atoms with Crippen LogP contribution in [0.5, 0.6) is 0 Å². The van der Waals surface area contributed by atoms with E-state index >= 15 is 0 Å². The first-order chi connectivity index (χ1) is 9.00. The van der Waals surface area contributed by atoms with Gasteiger partial charge in [-0.15, -0.1) is 0 Å². The van der Waals surface area contributed by atoms with Crippen molar-refractivity contribution >= 4 is 5.69 Å². The molecule has 108 valence electrons. The lowest BCUT2D eigenvalue weighted by atomic mass is 9.92. The molecule has 0 atom stereocenters. The van der Waals surface area contributed by atoms with Crippen LogP contribution in [-0.4, -0.2) is 62.1 Å². The van der Waals surface area contributed by atoms with Crippen LogP contribution in [0.1, 0.15) is 6.92 Å². The number of nitrogens with zero attached hydrogens (tertiary/aromatic N) is 2. The Morgan fingerprint density at radius 2 is 1.58 bits per heavy atom. The third-order valence-corrected chi connectivity index (χ3v) is 3.43. The van der Waals surface area contributed by atoms with Gasteiger partial charge in [-0.2, -0.15) is 0 Å². The van der Waals surface area contributed by atoms with Gasteiger partial charge in [-0.25, -0.2) is 0 Å². The van der Waals surface area contributed by atoms with Crippen LogP contribution in [0.25, 0.3) is 0 Å². The average molecular weight is 266 g/mol. The largest absolute Gasteiger partial charge is 0.396 e. The van der Waals surface area contributed by atoms with E-state index in [1.54, 1.807) is 0 Å². The molecule has 0 amide bonds. The standard InChI is InChI=1S/C15H26N2O2/c1-15(12-18,13-19)11-16(2)9-10-17(3)14-7-5-4-6-8-14/h4-8,18-19H,9-13H2,1-3H3. The molecule has 1 rings (SSSR count). The quantitative estimate of drug-likeness (QED) is 0.738. The molecule has 2 N–H and O–H groups in total. The molecule has 0 heterocycles. The van der Waals surface area contributed by atoms with Crippen LogP contribution in [0.2, 0.25) is 0 Å². The number of hydrogen-bond donors (Lipinski definition) is 2. The maximum Gasteiger partial charge on any atom is 0.0519 e. The van der Waals surface area contributed by atoms with Crippen LogP contribution < -0.4 is 4.90 Å². The minimum atomic E-state index is -0.430. The van der Waals surface area contributed by atoms with Gasteiger partial charge in [0.1, 0.15) is 0 Å². The van der Waals surface area contributed by atoms with Crippen molar-refractivity contribution < 1.29 is 10.2 Å². The van der Waals surface area contributed by atoms with E-state index in [0.29, 0.717) is 6.54 Å². The Morgan fingerprint density at radius 1 is 1.00 bits per heavy atom. The molecular weight excluding hydrogens is 240 g/mol. The zero-order valence-electron chi connectivity index (χ0n) is 12.2. The summed E-state index contributed by atoms with van der Waals surface area (Å²) in [6, 6.07) is 10.3. The van der Waals surface area contributed by atoms with E-state index in [0.717, 1.165) is 13.1 Å². The summed E-state index contributed by atoms with van der Waals surface area (Å²) < 4.78 is 0. The molecule has 0 unspecified atom stereocenters. The summed E-state index contributed by atoms with van der Waals surface area (Å²) in [4.78, 5) is 4.34. The van der Waals surface area contributed by atoms with Crippen LogP contribution in [0, 0.1) is 5.41 Å². The highest BCUT2D eigenvalue weighted by atomic mass is 16.3. The van der Waals surface area contributed by atoms with Gasteiger partial charge in [0.05, 0.1) is 13.2 Å². The van der Waals surface area contributed by atoms with E-state index in [1.807, 2.05) is 32.2 Å². The van der Waals surface area contributed by atoms with Crippen molar-refractivity contribution in [1.82, 2.24) is 4.90 Å². The first kappa shape index (κ1) is 16.0. The summed E-state index contributed by atoms with van der Waals surface area (Å²) in [6.45, 7) is 4.38. The van der Waals surface area contributed by atoms with E-state index < -0.39 is 5.41 Å². The van der Waals surface area contributed by atoms with Gasteiger partial charge < -0.3 is 20.0 Å². The van der Waals surface area contributed by atoms with E-state index in [9.17, 15) is 10.2 Å². The fourth-order valence-corrected chi connectivity index (χ4v) is 2.01. The Labute approximate surface area is 116 Å². The molecule has 0 aliphatic heterocycles. The molecular formula is C15H26N2O2. The number of benzene rings is 1. The van der Waals surface area contributed by atoms with Crippen LogP contribution >= 0.6 is 0 Å². The molecule has 0 bridgehead atoms. The maximum absolute atomic E-state index is 9.29. The second kappa shape index (κ2) is 7.48. The van der Waals surface area contributed by atoms with Gasteiger partial charge in [0.25, 0.3) is 0 Å². The highest BCUT2D eigenvalue weighted by Gasteiger charge is 2.24. The average Bonchev–Trinajstić information content (AvgIpc) is 2.45. The summed E-state index contributed by atoms with van der Waals surface area (Å²) in [6.07, 6.45) is 0. The molecule has 19 heavy (non-hydrogen) atoms. The van der Waals surface area contributed by atoms with Crippen LogP contribution in [0.4, 0.5) is 5.69 Å². The van der Waals surface area contributed by atoms with Crippen LogP contribution in [0.3, 0.4) is 0 Å². The van der Waals surface area contributed by atoms with Crippen molar-refractivity contribution in [1.29, 1.82) is 0 Å². The molecule has 0 fully saturated rings. The lowest BCUT2D eigenvalue weighted by molar-refractivity contribution is 0.0427. The van der Waals surface area contributed by atoms with Crippen molar-refractivity contribution in [3.8, 4) is 0 Å². The molecule has 0 aromatic heterocycles. The number of anilines is 1. The lowest BCUT2D eigenvalue weighted by Crippen LogP contribution is -2.41. The fraction of sp³-hybridized carbons (Fsp3) is 0.600. The zero-order valence-corrected chi connectivity index (χ0v) is 12.2. The number of aliphatic hydroxyl groups is 2. The lowest BCUT2D eigenvalue weighted by Gasteiger charge is -2.31. The minimum Gasteiger partial charge on any atom is -0.396 e. The SMILES string of the molecule is CN(CCN(C)c1ccccc1)CC(C)(CO)CO. The number of para-hydroxylation sites is 1. The highest BCUT2D eigenvalue weighted by molar-refractivity contribution is 5.44. The van der Waals surface area contributed by atoms with Gasteiger partial charge in [-0.1, -0.05) is 25.1 Å². The molecule has 0 aliphatic rings. The van der Waals surface area contributed by atoms with Gasteiger partial charge in [-0.05, 0) is 19.2 Å². The fourth-order valence-electron chi connectivity index (χ4n) is 2.01. The van der Waals surface area contributed by atoms with Crippen molar-refractivity contribution in [3.63, 3.8) is 0 Å². The molecule has 0 spiro atoms. The van der Waals surface area contributed by atoms with Gasteiger partial charge >= 0.3 is 0 Å². The Balaban J connectivity index is 2.40. The molecule has 0 saturated carbocycles.